The van der Waals surface area contributed by atoms with E-state index in [1.165, 1.54) is 11.3 Å². The minimum Gasteiger partial charge on any atom is -0.365 e. The molecule has 2 aromatic carbocycles. The van der Waals surface area contributed by atoms with Gasteiger partial charge in [-0.3, -0.25) is 14.5 Å². The molecule has 8 nitrogen and oxygen atoms in total. The number of hydrogen-bond donors (Lipinski definition) is 0. The van der Waals surface area contributed by atoms with Gasteiger partial charge in [0.1, 0.15) is 12.4 Å². The van der Waals surface area contributed by atoms with Crippen LogP contribution < -0.4 is 9.80 Å². The molecule has 0 saturated carbocycles. The van der Waals surface area contributed by atoms with Crippen LogP contribution in [0.15, 0.2) is 60.8 Å². The van der Waals surface area contributed by atoms with Crippen LogP contribution in [0.5, 0.6) is 0 Å². The highest BCUT2D eigenvalue weighted by Gasteiger charge is 2.32. The molecule has 1 fully saturated rings. The Kier molecular flexibility index (Phi) is 5.74. The number of anilines is 2. The van der Waals surface area contributed by atoms with Gasteiger partial charge in [-0.2, -0.15) is 5.10 Å². The Hall–Kier alpha value is -4.07. The Morgan fingerprint density at radius 2 is 1.89 bits per heavy atom. The molecular formula is C29H32N6O2. The third-order valence-electron chi connectivity index (χ3n) is 7.65. The molecule has 37 heavy (non-hydrogen) atoms. The number of carbonyl (C=O) groups is 2. The van der Waals surface area contributed by atoms with Crippen molar-refractivity contribution in [3.63, 3.8) is 0 Å². The van der Waals surface area contributed by atoms with E-state index < -0.39 is 0 Å². The summed E-state index contributed by atoms with van der Waals surface area (Å²) in [7, 11) is 2.02. The molecule has 8 heteroatoms. The molecule has 2 aliphatic rings. The molecule has 190 valence electrons. The number of nitrogens with zero attached hydrogens (tertiary/aromatic N) is 6. The number of hydrogen-bond acceptors (Lipinski definition) is 4. The van der Waals surface area contributed by atoms with E-state index in [1.54, 1.807) is 4.90 Å². The summed E-state index contributed by atoms with van der Waals surface area (Å²) in [5, 5.41) is 5.95. The van der Waals surface area contributed by atoms with Gasteiger partial charge in [0.15, 0.2) is 0 Å². The van der Waals surface area contributed by atoms with Crippen molar-refractivity contribution in [2.45, 2.75) is 32.9 Å². The van der Waals surface area contributed by atoms with Crippen LogP contribution in [0.2, 0.25) is 0 Å². The average Bonchev–Trinajstić information content (AvgIpc) is 3.47. The summed E-state index contributed by atoms with van der Waals surface area (Å²) in [6, 6.07) is 18.9. The lowest BCUT2D eigenvalue weighted by Crippen LogP contribution is -2.56. The minimum atomic E-state index is -0.0309. The van der Waals surface area contributed by atoms with Gasteiger partial charge in [0.05, 0.1) is 12.2 Å². The third-order valence-corrected chi connectivity index (χ3v) is 7.65. The monoisotopic (exact) mass is 496 g/mol. The van der Waals surface area contributed by atoms with Gasteiger partial charge >= 0.3 is 0 Å². The molecule has 4 heterocycles. The van der Waals surface area contributed by atoms with E-state index >= 15 is 0 Å². The summed E-state index contributed by atoms with van der Waals surface area (Å²) in [6.07, 6.45) is 2.42. The molecule has 1 atom stereocenters. The largest absolute Gasteiger partial charge is 0.365 e. The van der Waals surface area contributed by atoms with Crippen LogP contribution >= 0.6 is 0 Å². The zero-order chi connectivity index (χ0) is 25.7. The predicted molar refractivity (Wildman–Crippen MR) is 146 cm³/mol. The molecule has 0 bridgehead atoms. The molecule has 1 saturated heterocycles. The van der Waals surface area contributed by atoms with Gasteiger partial charge in [-0.15, -0.1) is 0 Å². The van der Waals surface area contributed by atoms with Crippen LogP contribution in [0.4, 0.5) is 11.5 Å². The standard InChI is InChI=1S/C29H32N6O2/c1-20-7-6-8-22(15-20)33-14-13-32(17-21(33)2)29(37)19-34-27-16-25(30-35(27)12-11-28(34)36)24-18-31(3)26-10-5-4-9-23(24)26/h4-10,15-16,18,21H,11-14,17,19H2,1-3H3. The van der Waals surface area contributed by atoms with Crippen molar-refractivity contribution in [3.8, 4) is 11.3 Å². The highest BCUT2D eigenvalue weighted by atomic mass is 16.2. The van der Waals surface area contributed by atoms with Crippen LogP contribution in [0.1, 0.15) is 18.9 Å². The maximum Gasteiger partial charge on any atom is 0.242 e. The van der Waals surface area contributed by atoms with Crippen molar-refractivity contribution in [3.05, 3.63) is 66.4 Å². The van der Waals surface area contributed by atoms with Gasteiger partial charge in [0, 0.05) is 73.6 Å². The van der Waals surface area contributed by atoms with E-state index in [0.29, 0.717) is 31.9 Å². The number of carbonyl (C=O) groups excluding carboxylic acids is 2. The van der Waals surface area contributed by atoms with Crippen molar-refractivity contribution < 1.29 is 9.59 Å². The number of amides is 2. The highest BCUT2D eigenvalue weighted by Crippen LogP contribution is 2.33. The van der Waals surface area contributed by atoms with E-state index in [9.17, 15) is 9.59 Å². The fourth-order valence-corrected chi connectivity index (χ4v) is 5.71. The van der Waals surface area contributed by atoms with E-state index in [-0.39, 0.29) is 24.4 Å². The minimum absolute atomic E-state index is 0.0227. The van der Waals surface area contributed by atoms with Gasteiger partial charge in [-0.1, -0.05) is 30.3 Å². The second-order valence-electron chi connectivity index (χ2n) is 10.2. The third kappa shape index (κ3) is 4.16. The number of benzene rings is 2. The molecule has 2 amide bonds. The quantitative estimate of drug-likeness (QED) is 0.431. The summed E-state index contributed by atoms with van der Waals surface area (Å²) in [4.78, 5) is 32.2. The molecule has 4 aromatic rings. The summed E-state index contributed by atoms with van der Waals surface area (Å²) in [5.74, 6) is 0.640. The van der Waals surface area contributed by atoms with E-state index in [1.807, 2.05) is 34.8 Å². The van der Waals surface area contributed by atoms with Crippen LogP contribution in [-0.4, -0.2) is 63.3 Å². The number of rotatable bonds is 4. The Bertz CT molecular complexity index is 1500. The fourth-order valence-electron chi connectivity index (χ4n) is 5.71. The first-order valence-electron chi connectivity index (χ1n) is 12.9. The number of piperazine rings is 1. The molecule has 0 N–H and O–H groups in total. The summed E-state index contributed by atoms with van der Waals surface area (Å²) in [6.45, 7) is 6.86. The number of fused-ring (bicyclic) bond motifs is 2. The number of aromatic nitrogens is 3. The van der Waals surface area contributed by atoms with Crippen LogP contribution in [-0.2, 0) is 23.2 Å². The molecule has 2 aromatic heterocycles. The van der Waals surface area contributed by atoms with Crippen LogP contribution in [0, 0.1) is 6.92 Å². The van der Waals surface area contributed by atoms with Gasteiger partial charge in [0.2, 0.25) is 11.8 Å². The molecule has 0 aliphatic carbocycles. The van der Waals surface area contributed by atoms with Gasteiger partial charge in [0.25, 0.3) is 0 Å². The number of para-hydroxylation sites is 1. The van der Waals surface area contributed by atoms with E-state index in [0.717, 1.165) is 28.7 Å². The maximum absolute atomic E-state index is 13.4. The summed E-state index contributed by atoms with van der Waals surface area (Å²) >= 11 is 0. The fraction of sp³-hybridized carbons (Fsp3) is 0.345. The smallest absolute Gasteiger partial charge is 0.242 e. The topological polar surface area (TPSA) is 66.6 Å². The Morgan fingerprint density at radius 1 is 1.05 bits per heavy atom. The molecule has 0 radical (unpaired) electrons. The van der Waals surface area contributed by atoms with Gasteiger partial charge < -0.3 is 14.4 Å². The Morgan fingerprint density at radius 3 is 2.70 bits per heavy atom. The van der Waals surface area contributed by atoms with E-state index in [4.69, 9.17) is 5.10 Å². The molecule has 6 rings (SSSR count). The van der Waals surface area contributed by atoms with Crippen molar-refractivity contribution in [1.29, 1.82) is 0 Å². The van der Waals surface area contributed by atoms with Crippen molar-refractivity contribution >= 4 is 34.2 Å². The highest BCUT2D eigenvalue weighted by molar-refractivity contribution is 6.00. The zero-order valence-electron chi connectivity index (χ0n) is 21.6. The lowest BCUT2D eigenvalue weighted by Gasteiger charge is -2.42. The summed E-state index contributed by atoms with van der Waals surface area (Å²) < 4.78 is 3.96. The lowest BCUT2D eigenvalue weighted by molar-refractivity contribution is -0.132. The van der Waals surface area contributed by atoms with Crippen LogP contribution in [0.25, 0.3) is 22.2 Å². The van der Waals surface area contributed by atoms with Gasteiger partial charge in [-0.05, 0) is 37.6 Å². The maximum atomic E-state index is 13.4. The summed E-state index contributed by atoms with van der Waals surface area (Å²) in [5.41, 5.74) is 5.40. The predicted octanol–water partition coefficient (Wildman–Crippen LogP) is 3.82. The number of aryl methyl sites for hydroxylation is 3. The second-order valence-corrected chi connectivity index (χ2v) is 10.2. The van der Waals surface area contributed by atoms with Gasteiger partial charge in [-0.25, -0.2) is 4.68 Å². The normalized spacial score (nSPS) is 18.0. The van der Waals surface area contributed by atoms with Crippen LogP contribution in [0.3, 0.4) is 0 Å². The van der Waals surface area contributed by atoms with Crippen molar-refractivity contribution in [2.24, 2.45) is 7.05 Å². The first-order valence-corrected chi connectivity index (χ1v) is 12.9. The Balaban J connectivity index is 1.21. The average molecular weight is 497 g/mol. The first kappa shape index (κ1) is 23.3. The van der Waals surface area contributed by atoms with Crippen molar-refractivity contribution in [2.75, 3.05) is 36.0 Å². The lowest BCUT2D eigenvalue weighted by atomic mass is 10.1. The zero-order valence-corrected chi connectivity index (χ0v) is 21.6. The molecular weight excluding hydrogens is 464 g/mol. The molecule has 2 aliphatic heterocycles. The first-order chi connectivity index (χ1) is 17.9. The molecule has 1 unspecified atom stereocenters. The van der Waals surface area contributed by atoms with Crippen molar-refractivity contribution in [1.82, 2.24) is 19.2 Å². The SMILES string of the molecule is Cc1cccc(N2CCN(C(=O)CN3C(=O)CCn4nc(-c5cn(C)c6ccccc56)cc43)CC2C)c1. The Labute approximate surface area is 216 Å². The van der Waals surface area contributed by atoms with E-state index in [2.05, 4.69) is 65.9 Å². The molecule has 0 spiro atoms. The second kappa shape index (κ2) is 9.10.